The molecule has 80 valence electrons. The molecule has 0 saturated carbocycles. The van der Waals surface area contributed by atoms with Crippen molar-refractivity contribution in [3.8, 4) is 0 Å². The Balaban J connectivity index is 2.46. The van der Waals surface area contributed by atoms with Crippen LogP contribution in [0.2, 0.25) is 0 Å². The number of hydrogen-bond acceptors (Lipinski definition) is 2. The Morgan fingerprint density at radius 3 is 2.69 bits per heavy atom. The predicted molar refractivity (Wildman–Crippen MR) is 63.6 cm³/mol. The molecule has 0 bridgehead atoms. The molecule has 0 radical (unpaired) electrons. The van der Waals surface area contributed by atoms with E-state index in [4.69, 9.17) is 0 Å². The highest BCUT2D eigenvalue weighted by molar-refractivity contribution is 6.09. The third-order valence-corrected chi connectivity index (χ3v) is 2.56. The molecule has 2 nitrogen and oxygen atoms in total. The van der Waals surface area contributed by atoms with E-state index in [-0.39, 0.29) is 5.78 Å². The fourth-order valence-electron chi connectivity index (χ4n) is 1.63. The summed E-state index contributed by atoms with van der Waals surface area (Å²) in [5.41, 5.74) is 3.49. The van der Waals surface area contributed by atoms with Crippen LogP contribution in [0.3, 0.4) is 0 Å². The molecule has 2 aromatic rings. The number of benzene rings is 1. The van der Waals surface area contributed by atoms with Gasteiger partial charge in [0.05, 0.1) is 0 Å². The molecule has 0 aliphatic carbocycles. The zero-order valence-corrected chi connectivity index (χ0v) is 9.40. The minimum Gasteiger partial charge on any atom is -0.289 e. The summed E-state index contributed by atoms with van der Waals surface area (Å²) in [5, 5.41) is 0. The molecule has 1 aromatic heterocycles. The van der Waals surface area contributed by atoms with E-state index in [1.54, 1.807) is 24.5 Å². The van der Waals surface area contributed by atoms with Crippen molar-refractivity contribution in [1.29, 1.82) is 0 Å². The highest BCUT2D eigenvalue weighted by Crippen LogP contribution is 2.15. The summed E-state index contributed by atoms with van der Waals surface area (Å²) < 4.78 is 0. The third kappa shape index (κ3) is 2.01. The number of carbonyl (C=O) groups excluding carboxylic acids is 1. The lowest BCUT2D eigenvalue weighted by Gasteiger charge is -2.05. The van der Waals surface area contributed by atoms with E-state index in [0.717, 1.165) is 16.7 Å². The summed E-state index contributed by atoms with van der Waals surface area (Å²) in [4.78, 5) is 16.1. The monoisotopic (exact) mass is 211 g/mol. The van der Waals surface area contributed by atoms with Crippen molar-refractivity contribution in [2.75, 3.05) is 0 Å². The summed E-state index contributed by atoms with van der Waals surface area (Å²) >= 11 is 0. The van der Waals surface area contributed by atoms with E-state index in [0.29, 0.717) is 5.56 Å². The molecular weight excluding hydrogens is 198 g/mol. The zero-order chi connectivity index (χ0) is 11.5. The van der Waals surface area contributed by atoms with Gasteiger partial charge in [-0.05, 0) is 37.6 Å². The molecule has 0 fully saturated rings. The topological polar surface area (TPSA) is 30.0 Å². The van der Waals surface area contributed by atoms with Gasteiger partial charge < -0.3 is 0 Å². The Hall–Kier alpha value is -1.96. The van der Waals surface area contributed by atoms with Gasteiger partial charge in [0.15, 0.2) is 5.78 Å². The van der Waals surface area contributed by atoms with Crippen molar-refractivity contribution in [1.82, 2.24) is 4.98 Å². The van der Waals surface area contributed by atoms with E-state index in [2.05, 4.69) is 4.98 Å². The smallest absolute Gasteiger partial charge is 0.194 e. The van der Waals surface area contributed by atoms with Crippen molar-refractivity contribution in [2.45, 2.75) is 13.8 Å². The summed E-state index contributed by atoms with van der Waals surface area (Å²) in [5.74, 6) is 0.0364. The first-order valence-corrected chi connectivity index (χ1v) is 5.20. The molecule has 1 heterocycles. The van der Waals surface area contributed by atoms with Crippen molar-refractivity contribution in [3.05, 3.63) is 65.0 Å². The largest absolute Gasteiger partial charge is 0.289 e. The van der Waals surface area contributed by atoms with Gasteiger partial charge in [-0.2, -0.15) is 0 Å². The maximum atomic E-state index is 12.2. The van der Waals surface area contributed by atoms with Crippen LogP contribution < -0.4 is 0 Å². The van der Waals surface area contributed by atoms with E-state index >= 15 is 0 Å². The van der Waals surface area contributed by atoms with Crippen molar-refractivity contribution >= 4 is 5.78 Å². The van der Waals surface area contributed by atoms with Gasteiger partial charge in [0.25, 0.3) is 0 Å². The Labute approximate surface area is 95.0 Å². The third-order valence-electron chi connectivity index (χ3n) is 2.56. The fourth-order valence-corrected chi connectivity index (χ4v) is 1.63. The van der Waals surface area contributed by atoms with Gasteiger partial charge in [0.1, 0.15) is 0 Å². The Morgan fingerprint density at radius 2 is 2.00 bits per heavy atom. The Morgan fingerprint density at radius 1 is 1.19 bits per heavy atom. The van der Waals surface area contributed by atoms with Crippen LogP contribution in [-0.4, -0.2) is 10.8 Å². The number of aryl methyl sites for hydroxylation is 2. The van der Waals surface area contributed by atoms with Gasteiger partial charge >= 0.3 is 0 Å². The first kappa shape index (κ1) is 10.6. The van der Waals surface area contributed by atoms with Crippen LogP contribution in [0.4, 0.5) is 0 Å². The van der Waals surface area contributed by atoms with Gasteiger partial charge in [0.2, 0.25) is 0 Å². The lowest BCUT2D eigenvalue weighted by atomic mass is 9.98. The number of nitrogens with zero attached hydrogens (tertiary/aromatic N) is 1. The molecule has 0 spiro atoms. The van der Waals surface area contributed by atoms with Gasteiger partial charge in [-0.25, -0.2) is 0 Å². The average Bonchev–Trinajstić information content (AvgIpc) is 2.32. The molecule has 0 unspecified atom stereocenters. The molecule has 0 N–H and O–H groups in total. The van der Waals surface area contributed by atoms with Crippen molar-refractivity contribution in [3.63, 3.8) is 0 Å². The maximum absolute atomic E-state index is 12.2. The first-order valence-electron chi connectivity index (χ1n) is 5.20. The van der Waals surface area contributed by atoms with Crippen LogP contribution in [0.5, 0.6) is 0 Å². The van der Waals surface area contributed by atoms with Crippen LogP contribution >= 0.6 is 0 Å². The molecule has 16 heavy (non-hydrogen) atoms. The molecule has 2 rings (SSSR count). The molecular formula is C14H13NO. The Kier molecular flexibility index (Phi) is 2.82. The van der Waals surface area contributed by atoms with Gasteiger partial charge in [-0.3, -0.25) is 9.78 Å². The highest BCUT2D eigenvalue weighted by Gasteiger charge is 2.11. The second kappa shape index (κ2) is 4.27. The number of carbonyl (C=O) groups is 1. The Bertz CT molecular complexity index is 518. The van der Waals surface area contributed by atoms with E-state index in [9.17, 15) is 4.79 Å². The molecule has 0 aliphatic rings. The standard InChI is InChI=1S/C14H13NO/c1-10-5-6-11(2)13(8-10)14(16)12-4-3-7-15-9-12/h3-9H,1-2H3. The van der Waals surface area contributed by atoms with Crippen LogP contribution in [0.15, 0.2) is 42.7 Å². The molecule has 1 aromatic carbocycles. The number of rotatable bonds is 2. The van der Waals surface area contributed by atoms with Gasteiger partial charge in [-0.15, -0.1) is 0 Å². The lowest BCUT2D eigenvalue weighted by Crippen LogP contribution is -2.04. The fraction of sp³-hybridized carbons (Fsp3) is 0.143. The summed E-state index contributed by atoms with van der Waals surface area (Å²) in [6.07, 6.45) is 3.27. The highest BCUT2D eigenvalue weighted by atomic mass is 16.1. The van der Waals surface area contributed by atoms with Gasteiger partial charge in [-0.1, -0.05) is 17.7 Å². The molecule has 0 atom stereocenters. The summed E-state index contributed by atoms with van der Waals surface area (Å²) in [6.45, 7) is 3.93. The number of pyridine rings is 1. The maximum Gasteiger partial charge on any atom is 0.194 e. The number of ketones is 1. The molecule has 0 aliphatic heterocycles. The van der Waals surface area contributed by atoms with E-state index in [1.165, 1.54) is 0 Å². The second-order valence-electron chi connectivity index (χ2n) is 3.89. The predicted octanol–water partition coefficient (Wildman–Crippen LogP) is 2.93. The zero-order valence-electron chi connectivity index (χ0n) is 9.40. The van der Waals surface area contributed by atoms with Crippen molar-refractivity contribution in [2.24, 2.45) is 0 Å². The minimum absolute atomic E-state index is 0.0364. The van der Waals surface area contributed by atoms with Gasteiger partial charge in [0, 0.05) is 23.5 Å². The molecule has 2 heteroatoms. The average molecular weight is 211 g/mol. The number of aromatic nitrogens is 1. The minimum atomic E-state index is 0.0364. The molecule has 0 saturated heterocycles. The van der Waals surface area contributed by atoms with Crippen LogP contribution in [0.1, 0.15) is 27.0 Å². The number of hydrogen-bond donors (Lipinski definition) is 0. The summed E-state index contributed by atoms with van der Waals surface area (Å²) in [6, 6.07) is 9.47. The van der Waals surface area contributed by atoms with Crippen LogP contribution in [0.25, 0.3) is 0 Å². The first-order chi connectivity index (χ1) is 7.68. The van der Waals surface area contributed by atoms with E-state index in [1.807, 2.05) is 32.0 Å². The normalized spacial score (nSPS) is 10.1. The summed E-state index contributed by atoms with van der Waals surface area (Å²) in [7, 11) is 0. The van der Waals surface area contributed by atoms with Crippen LogP contribution in [-0.2, 0) is 0 Å². The lowest BCUT2D eigenvalue weighted by molar-refractivity contribution is 0.103. The molecule has 0 amide bonds. The quantitative estimate of drug-likeness (QED) is 0.715. The van der Waals surface area contributed by atoms with Crippen molar-refractivity contribution < 1.29 is 4.79 Å². The second-order valence-corrected chi connectivity index (χ2v) is 3.89. The SMILES string of the molecule is Cc1ccc(C)c(C(=O)c2cccnc2)c1. The van der Waals surface area contributed by atoms with E-state index < -0.39 is 0 Å². The van der Waals surface area contributed by atoms with Crippen LogP contribution in [0, 0.1) is 13.8 Å².